The van der Waals surface area contributed by atoms with Crippen LogP contribution in [0.25, 0.3) is 0 Å². The number of nitrogens with one attached hydrogen (secondary N) is 2. The van der Waals surface area contributed by atoms with Crippen molar-refractivity contribution in [1.82, 2.24) is 10.0 Å². The van der Waals surface area contributed by atoms with Gasteiger partial charge < -0.3 is 10.1 Å². The molecule has 0 radical (unpaired) electrons. The van der Waals surface area contributed by atoms with Gasteiger partial charge in [0.05, 0.1) is 10.9 Å². The molecule has 1 atom stereocenters. The number of sulfonamides is 1. The maximum Gasteiger partial charge on any atom is 0.573 e. The quantitative estimate of drug-likeness (QED) is 0.593. The van der Waals surface area contributed by atoms with E-state index in [2.05, 4.69) is 14.8 Å². The first-order valence-electron chi connectivity index (χ1n) is 9.10. The van der Waals surface area contributed by atoms with Gasteiger partial charge in [-0.05, 0) is 54.4 Å². The zero-order valence-corrected chi connectivity index (χ0v) is 17.5. The molecule has 0 fully saturated rings. The zero-order chi connectivity index (χ0) is 22.6. The fourth-order valence-electron chi connectivity index (χ4n) is 2.98. The van der Waals surface area contributed by atoms with Crippen LogP contribution in [0, 0.1) is 5.82 Å². The van der Waals surface area contributed by atoms with Gasteiger partial charge in [0.25, 0.3) is 0 Å². The van der Waals surface area contributed by atoms with E-state index in [-0.39, 0.29) is 23.9 Å². The van der Waals surface area contributed by atoms with Crippen LogP contribution >= 0.6 is 11.8 Å². The van der Waals surface area contributed by atoms with E-state index in [9.17, 15) is 30.8 Å². The average Bonchev–Trinajstić information content (AvgIpc) is 2.67. The maximum absolute atomic E-state index is 13.5. The van der Waals surface area contributed by atoms with Crippen LogP contribution in [0.2, 0.25) is 0 Å². The minimum atomic E-state index is -4.88. The van der Waals surface area contributed by atoms with Gasteiger partial charge in [-0.25, -0.2) is 17.5 Å². The molecule has 1 unspecified atom stereocenters. The van der Waals surface area contributed by atoms with E-state index in [1.807, 2.05) is 0 Å². The van der Waals surface area contributed by atoms with E-state index in [4.69, 9.17) is 0 Å². The van der Waals surface area contributed by atoms with Crippen molar-refractivity contribution in [3.63, 3.8) is 0 Å². The number of fused-ring (bicyclic) bond motifs is 1. The third-order valence-electron chi connectivity index (χ3n) is 4.36. The summed E-state index contributed by atoms with van der Waals surface area (Å²) in [5, 5.41) is 2.78. The summed E-state index contributed by atoms with van der Waals surface area (Å²) in [7, 11) is -4.02. The van der Waals surface area contributed by atoms with Gasteiger partial charge in [0, 0.05) is 23.6 Å². The number of halogens is 4. The normalized spacial score (nSPS) is 16.5. The highest BCUT2D eigenvalue weighted by Gasteiger charge is 2.31. The lowest BCUT2D eigenvalue weighted by atomic mass is 10.0. The second kappa shape index (κ2) is 9.45. The number of hydrogen-bond acceptors (Lipinski definition) is 5. The number of benzene rings is 2. The number of amides is 1. The molecule has 168 valence electrons. The molecule has 31 heavy (non-hydrogen) atoms. The van der Waals surface area contributed by atoms with Crippen molar-refractivity contribution < 1.29 is 35.5 Å². The topological polar surface area (TPSA) is 84.5 Å². The van der Waals surface area contributed by atoms with Gasteiger partial charge in [0.2, 0.25) is 15.9 Å². The van der Waals surface area contributed by atoms with E-state index < -0.39 is 33.9 Å². The van der Waals surface area contributed by atoms with Crippen molar-refractivity contribution in [2.45, 2.75) is 35.0 Å². The van der Waals surface area contributed by atoms with Crippen LogP contribution in [-0.2, 0) is 14.8 Å². The molecule has 1 amide bonds. The molecule has 2 N–H and O–H groups in total. The first-order valence-corrected chi connectivity index (χ1v) is 11.6. The number of carbonyl (C=O) groups is 1. The second-order valence-corrected chi connectivity index (χ2v) is 9.51. The summed E-state index contributed by atoms with van der Waals surface area (Å²) >= 11 is 1.57. The van der Waals surface area contributed by atoms with Crippen molar-refractivity contribution in [1.29, 1.82) is 0 Å². The van der Waals surface area contributed by atoms with Gasteiger partial charge in [-0.2, -0.15) is 0 Å². The van der Waals surface area contributed by atoms with Crippen LogP contribution in [0.1, 0.15) is 24.4 Å². The van der Waals surface area contributed by atoms with Crippen molar-refractivity contribution in [3.8, 4) is 5.75 Å². The summed E-state index contributed by atoms with van der Waals surface area (Å²) in [5.74, 6) is -0.610. The molecular formula is C19H18F4N2O4S2. The minimum Gasteiger partial charge on any atom is -0.406 e. The predicted molar refractivity (Wildman–Crippen MR) is 106 cm³/mol. The van der Waals surface area contributed by atoms with Crippen LogP contribution in [0.3, 0.4) is 0 Å². The van der Waals surface area contributed by atoms with Crippen LogP contribution in [-0.4, -0.2) is 33.0 Å². The van der Waals surface area contributed by atoms with Gasteiger partial charge in [-0.15, -0.1) is 24.9 Å². The Morgan fingerprint density at radius 1 is 1.16 bits per heavy atom. The number of ether oxygens (including phenoxy) is 1. The number of thioether (sulfide) groups is 1. The molecule has 6 nitrogen and oxygen atoms in total. The monoisotopic (exact) mass is 478 g/mol. The third kappa shape index (κ3) is 6.58. The van der Waals surface area contributed by atoms with Gasteiger partial charge in [0.15, 0.2) is 0 Å². The molecule has 3 rings (SSSR count). The van der Waals surface area contributed by atoms with Crippen molar-refractivity contribution in [3.05, 3.63) is 53.8 Å². The molecule has 2 aromatic rings. The molecule has 0 saturated carbocycles. The summed E-state index contributed by atoms with van der Waals surface area (Å²) in [6.45, 7) is -0.216. The second-order valence-electron chi connectivity index (χ2n) is 6.61. The Morgan fingerprint density at radius 2 is 1.87 bits per heavy atom. The Labute approximate surface area is 180 Å². The van der Waals surface area contributed by atoms with Crippen LogP contribution in [0.4, 0.5) is 17.6 Å². The molecule has 1 aliphatic rings. The predicted octanol–water partition coefficient (Wildman–Crippen LogP) is 3.75. The molecule has 2 aromatic carbocycles. The summed E-state index contributed by atoms with van der Waals surface area (Å²) in [5.41, 5.74) is 0.686. The molecule has 12 heteroatoms. The molecule has 0 saturated heterocycles. The highest BCUT2D eigenvalue weighted by molar-refractivity contribution is 7.99. The highest BCUT2D eigenvalue weighted by atomic mass is 32.2. The number of hydrogen-bond donors (Lipinski definition) is 2. The van der Waals surface area contributed by atoms with Crippen LogP contribution in [0.5, 0.6) is 5.75 Å². The fraction of sp³-hybridized carbons (Fsp3) is 0.316. The lowest BCUT2D eigenvalue weighted by Crippen LogP contribution is -2.34. The minimum absolute atomic E-state index is 0.164. The standard InChI is InChI=1S/C19H18F4N2O4S2/c20-12-1-6-17-15(11-12)16(8-10-30-17)25-18(26)7-9-24-31(27,28)14-4-2-13(3-5-14)29-19(21,22)23/h1-6,11,16,24H,7-10H2,(H,25,26). The lowest BCUT2D eigenvalue weighted by Gasteiger charge is -2.26. The SMILES string of the molecule is O=C(CCNS(=O)(=O)c1ccc(OC(F)(F)F)cc1)NC1CCSc2ccc(F)cc21. The number of carbonyl (C=O) groups excluding carboxylic acids is 1. The van der Waals surface area contributed by atoms with E-state index in [1.54, 1.807) is 17.8 Å². The van der Waals surface area contributed by atoms with Gasteiger partial charge >= 0.3 is 6.36 Å². The lowest BCUT2D eigenvalue weighted by molar-refractivity contribution is -0.274. The fourth-order valence-corrected chi connectivity index (χ4v) is 5.12. The summed E-state index contributed by atoms with van der Waals surface area (Å²) in [6.07, 6.45) is -4.43. The Bertz CT molecular complexity index is 1040. The first-order chi connectivity index (χ1) is 14.5. The van der Waals surface area contributed by atoms with E-state index in [0.717, 1.165) is 34.9 Å². The Hall–Kier alpha value is -2.31. The molecule has 0 aliphatic carbocycles. The summed E-state index contributed by atoms with van der Waals surface area (Å²) in [4.78, 5) is 12.9. The van der Waals surface area contributed by atoms with Crippen molar-refractivity contribution >= 4 is 27.7 Å². The average molecular weight is 478 g/mol. The Balaban J connectivity index is 1.53. The van der Waals surface area contributed by atoms with Crippen molar-refractivity contribution in [2.24, 2.45) is 0 Å². The number of rotatable bonds is 7. The molecule has 1 aliphatic heterocycles. The first kappa shape index (κ1) is 23.4. The summed E-state index contributed by atoms with van der Waals surface area (Å²) < 4.78 is 80.5. The van der Waals surface area contributed by atoms with Gasteiger partial charge in [-0.1, -0.05) is 0 Å². The highest BCUT2D eigenvalue weighted by Crippen LogP contribution is 2.36. The van der Waals surface area contributed by atoms with Gasteiger partial charge in [-0.3, -0.25) is 4.79 Å². The smallest absolute Gasteiger partial charge is 0.406 e. The van der Waals surface area contributed by atoms with Crippen molar-refractivity contribution in [2.75, 3.05) is 12.3 Å². The molecule has 0 aromatic heterocycles. The van der Waals surface area contributed by atoms with Crippen LogP contribution < -0.4 is 14.8 Å². The van der Waals surface area contributed by atoms with E-state index in [1.165, 1.54) is 12.1 Å². The molecule has 0 spiro atoms. The molecule has 0 bridgehead atoms. The zero-order valence-electron chi connectivity index (χ0n) is 15.9. The van der Waals surface area contributed by atoms with Crippen LogP contribution in [0.15, 0.2) is 52.3 Å². The molecule has 1 heterocycles. The molecular weight excluding hydrogens is 460 g/mol. The van der Waals surface area contributed by atoms with E-state index >= 15 is 0 Å². The Morgan fingerprint density at radius 3 is 2.55 bits per heavy atom. The summed E-state index contributed by atoms with van der Waals surface area (Å²) in [6, 6.07) is 7.72. The van der Waals surface area contributed by atoms with E-state index in [0.29, 0.717) is 12.0 Å². The van der Waals surface area contributed by atoms with Gasteiger partial charge in [0.1, 0.15) is 11.6 Å². The maximum atomic E-state index is 13.5. The number of alkyl halides is 3. The largest absolute Gasteiger partial charge is 0.573 e. The third-order valence-corrected chi connectivity index (χ3v) is 6.96. The Kier molecular flexibility index (Phi) is 7.12.